The van der Waals surface area contributed by atoms with Crippen LogP contribution in [0.15, 0.2) is 41.3 Å². The zero-order valence-corrected chi connectivity index (χ0v) is 15.9. The molecular weight excluding hydrogens is 411 g/mol. The molecule has 3 rings (SSSR count). The highest BCUT2D eigenvalue weighted by Crippen LogP contribution is 2.36. The molecule has 0 unspecified atom stereocenters. The van der Waals surface area contributed by atoms with Crippen molar-refractivity contribution in [1.29, 1.82) is 0 Å². The predicted octanol–water partition coefficient (Wildman–Crippen LogP) is 3.40. The summed E-state index contributed by atoms with van der Waals surface area (Å²) in [4.78, 5) is 15.4. The number of halogens is 3. The van der Waals surface area contributed by atoms with Crippen molar-refractivity contribution >= 4 is 26.7 Å². The van der Waals surface area contributed by atoms with Gasteiger partial charge in [-0.15, -0.1) is 0 Å². The van der Waals surface area contributed by atoms with Gasteiger partial charge in [0.05, 0.1) is 27.2 Å². The SMILES string of the molecule is Cc1c(-c2cccc(C(F)(F)F)c2)nc2cc([O-])c(S(C)(=O)=O)cc2c1C(=O)O. The molecule has 6 nitrogen and oxygen atoms in total. The highest BCUT2D eigenvalue weighted by Gasteiger charge is 2.31. The molecule has 1 aromatic heterocycles. The summed E-state index contributed by atoms with van der Waals surface area (Å²) in [5.74, 6) is -2.32. The van der Waals surface area contributed by atoms with Crippen LogP contribution in [0.1, 0.15) is 21.5 Å². The van der Waals surface area contributed by atoms with Gasteiger partial charge in [-0.3, -0.25) is 0 Å². The molecule has 152 valence electrons. The van der Waals surface area contributed by atoms with E-state index < -0.39 is 38.2 Å². The van der Waals surface area contributed by atoms with Crippen LogP contribution in [-0.2, 0) is 16.0 Å². The van der Waals surface area contributed by atoms with Crippen LogP contribution in [0.3, 0.4) is 0 Å². The van der Waals surface area contributed by atoms with Gasteiger partial charge in [-0.05, 0) is 36.8 Å². The molecule has 0 radical (unpaired) electrons. The molecular formula is C19H13F3NO5S-. The van der Waals surface area contributed by atoms with Crippen LogP contribution in [0, 0.1) is 6.92 Å². The Morgan fingerprint density at radius 1 is 1.17 bits per heavy atom. The lowest BCUT2D eigenvalue weighted by Gasteiger charge is -2.17. The number of rotatable bonds is 3. The van der Waals surface area contributed by atoms with Gasteiger partial charge in [0.15, 0.2) is 9.84 Å². The molecule has 0 aliphatic heterocycles. The third kappa shape index (κ3) is 3.75. The monoisotopic (exact) mass is 424 g/mol. The first kappa shape index (κ1) is 20.6. The number of alkyl halides is 3. The number of nitrogens with zero attached hydrogens (tertiary/aromatic N) is 1. The second-order valence-electron chi connectivity index (χ2n) is 6.43. The van der Waals surface area contributed by atoms with Crippen molar-refractivity contribution in [2.75, 3.05) is 6.26 Å². The Morgan fingerprint density at radius 2 is 1.83 bits per heavy atom. The average molecular weight is 424 g/mol. The Labute approximate surface area is 163 Å². The topological polar surface area (TPSA) is 107 Å². The minimum absolute atomic E-state index is 0.0152. The summed E-state index contributed by atoms with van der Waals surface area (Å²) in [7, 11) is -3.92. The zero-order chi connectivity index (χ0) is 21.7. The molecule has 0 aliphatic rings. The summed E-state index contributed by atoms with van der Waals surface area (Å²) >= 11 is 0. The minimum atomic E-state index is -4.61. The molecule has 0 saturated heterocycles. The Kier molecular flexibility index (Phi) is 4.78. The van der Waals surface area contributed by atoms with Crippen LogP contribution in [0.4, 0.5) is 13.2 Å². The third-order valence-electron chi connectivity index (χ3n) is 4.37. The van der Waals surface area contributed by atoms with Crippen LogP contribution in [0.2, 0.25) is 0 Å². The van der Waals surface area contributed by atoms with Crippen molar-refractivity contribution in [3.05, 3.63) is 53.1 Å². The first-order valence-electron chi connectivity index (χ1n) is 8.07. The Balaban J connectivity index is 2.40. The van der Waals surface area contributed by atoms with Crippen molar-refractivity contribution in [3.63, 3.8) is 0 Å². The maximum Gasteiger partial charge on any atom is 0.416 e. The molecule has 0 saturated carbocycles. The number of pyridine rings is 1. The summed E-state index contributed by atoms with van der Waals surface area (Å²) in [5, 5.41) is 21.7. The van der Waals surface area contributed by atoms with Gasteiger partial charge in [0.25, 0.3) is 0 Å². The lowest BCUT2D eigenvalue weighted by Crippen LogP contribution is -2.09. The van der Waals surface area contributed by atoms with E-state index in [2.05, 4.69) is 4.98 Å². The van der Waals surface area contributed by atoms with Gasteiger partial charge in [0.2, 0.25) is 0 Å². The number of hydrogen-bond donors (Lipinski definition) is 1. The van der Waals surface area contributed by atoms with Crippen LogP contribution in [0.5, 0.6) is 5.75 Å². The summed E-state index contributed by atoms with van der Waals surface area (Å²) in [5.41, 5.74) is -1.40. The fraction of sp³-hybridized carbons (Fsp3) is 0.158. The van der Waals surface area contributed by atoms with E-state index in [1.54, 1.807) is 0 Å². The molecule has 10 heteroatoms. The van der Waals surface area contributed by atoms with E-state index in [0.29, 0.717) is 0 Å². The number of carbonyl (C=O) groups is 1. The lowest BCUT2D eigenvalue weighted by molar-refractivity contribution is -0.272. The van der Waals surface area contributed by atoms with Crippen LogP contribution in [-0.4, -0.2) is 30.7 Å². The van der Waals surface area contributed by atoms with E-state index in [1.165, 1.54) is 13.0 Å². The van der Waals surface area contributed by atoms with Gasteiger partial charge in [-0.25, -0.2) is 18.2 Å². The molecule has 29 heavy (non-hydrogen) atoms. The van der Waals surface area contributed by atoms with E-state index in [9.17, 15) is 36.6 Å². The normalized spacial score (nSPS) is 12.3. The number of aromatic nitrogens is 1. The number of aromatic carboxylic acids is 1. The van der Waals surface area contributed by atoms with Gasteiger partial charge in [0, 0.05) is 17.2 Å². The lowest BCUT2D eigenvalue weighted by atomic mass is 9.96. The molecule has 0 atom stereocenters. The summed E-state index contributed by atoms with van der Waals surface area (Å²) in [6, 6.07) is 6.00. The average Bonchev–Trinajstić information content (AvgIpc) is 2.59. The van der Waals surface area contributed by atoms with Crippen molar-refractivity contribution in [2.45, 2.75) is 18.0 Å². The molecule has 3 aromatic rings. The van der Waals surface area contributed by atoms with Crippen LogP contribution in [0.25, 0.3) is 22.2 Å². The highest BCUT2D eigenvalue weighted by atomic mass is 32.2. The fourth-order valence-electron chi connectivity index (χ4n) is 3.06. The quantitative estimate of drug-likeness (QED) is 0.691. The molecule has 0 spiro atoms. The van der Waals surface area contributed by atoms with Gasteiger partial charge in [-0.1, -0.05) is 17.9 Å². The minimum Gasteiger partial charge on any atom is -0.872 e. The van der Waals surface area contributed by atoms with Crippen molar-refractivity contribution in [1.82, 2.24) is 4.98 Å². The summed E-state index contributed by atoms with van der Waals surface area (Å²) < 4.78 is 62.7. The van der Waals surface area contributed by atoms with E-state index in [1.807, 2.05) is 0 Å². The molecule has 2 aromatic carbocycles. The molecule has 0 aliphatic carbocycles. The van der Waals surface area contributed by atoms with Crippen molar-refractivity contribution in [3.8, 4) is 17.0 Å². The Hall–Kier alpha value is -3.14. The van der Waals surface area contributed by atoms with Crippen LogP contribution >= 0.6 is 0 Å². The molecule has 0 fully saturated rings. The zero-order valence-electron chi connectivity index (χ0n) is 15.0. The predicted molar refractivity (Wildman–Crippen MR) is 96.4 cm³/mol. The number of carboxylic acids is 1. The van der Waals surface area contributed by atoms with E-state index in [4.69, 9.17) is 0 Å². The van der Waals surface area contributed by atoms with Crippen molar-refractivity contribution in [2.24, 2.45) is 0 Å². The van der Waals surface area contributed by atoms with E-state index >= 15 is 0 Å². The summed E-state index contributed by atoms with van der Waals surface area (Å²) in [6.07, 6.45) is -3.80. The molecule has 0 bridgehead atoms. The summed E-state index contributed by atoms with van der Waals surface area (Å²) in [6.45, 7) is 1.36. The maximum absolute atomic E-state index is 13.0. The number of benzene rings is 2. The Bertz CT molecular complexity index is 1270. The highest BCUT2D eigenvalue weighted by molar-refractivity contribution is 7.90. The Morgan fingerprint density at radius 3 is 2.38 bits per heavy atom. The first-order valence-corrected chi connectivity index (χ1v) is 9.96. The van der Waals surface area contributed by atoms with Crippen LogP contribution < -0.4 is 5.11 Å². The fourth-order valence-corrected chi connectivity index (χ4v) is 3.81. The number of fused-ring (bicyclic) bond motifs is 1. The second-order valence-corrected chi connectivity index (χ2v) is 8.42. The second kappa shape index (κ2) is 6.73. The van der Waals surface area contributed by atoms with E-state index in [0.717, 1.165) is 36.6 Å². The number of hydrogen-bond acceptors (Lipinski definition) is 5. The van der Waals surface area contributed by atoms with E-state index in [-0.39, 0.29) is 33.3 Å². The maximum atomic E-state index is 13.0. The third-order valence-corrected chi connectivity index (χ3v) is 5.49. The smallest absolute Gasteiger partial charge is 0.416 e. The molecule has 1 heterocycles. The number of sulfone groups is 1. The van der Waals surface area contributed by atoms with Gasteiger partial charge >= 0.3 is 12.1 Å². The van der Waals surface area contributed by atoms with Gasteiger partial charge < -0.3 is 10.2 Å². The number of carboxylic acid groups (broad SMARTS) is 1. The van der Waals surface area contributed by atoms with Gasteiger partial charge in [0.1, 0.15) is 0 Å². The standard InChI is InChI=1S/C19H14F3NO5S/c1-9-16(18(25)26)12-7-15(29(2,27)28)14(24)8-13(12)23-17(9)10-4-3-5-11(6-10)19(20,21)22/h3-8,24H,1-2H3,(H,25,26)/p-1. The first-order chi connectivity index (χ1) is 13.3. The molecule has 1 N–H and O–H groups in total. The largest absolute Gasteiger partial charge is 0.872 e. The van der Waals surface area contributed by atoms with Crippen molar-refractivity contribution < 1.29 is 36.6 Å². The van der Waals surface area contributed by atoms with Gasteiger partial charge in [-0.2, -0.15) is 13.2 Å². The molecule has 0 amide bonds.